The summed E-state index contributed by atoms with van der Waals surface area (Å²) in [5.74, 6) is 0.817. The van der Waals surface area contributed by atoms with Crippen LogP contribution in [0.4, 0.5) is 0 Å². The Labute approximate surface area is 136 Å². The highest BCUT2D eigenvalue weighted by atomic mass is 32.1. The van der Waals surface area contributed by atoms with Gasteiger partial charge in [-0.2, -0.15) is 11.3 Å². The molecule has 22 heavy (non-hydrogen) atoms. The fourth-order valence-electron chi connectivity index (χ4n) is 2.12. The largest absolute Gasteiger partial charge is 0.469 e. The molecule has 0 aliphatic carbocycles. The first kappa shape index (κ1) is 14.8. The van der Waals surface area contributed by atoms with E-state index in [2.05, 4.69) is 11.4 Å². The Hall–Kier alpha value is -2.11. The van der Waals surface area contributed by atoms with E-state index in [1.54, 1.807) is 35.0 Å². The molecule has 5 heteroatoms. The Bertz CT molecular complexity index is 679. The summed E-state index contributed by atoms with van der Waals surface area (Å²) in [6.07, 6.45) is 5.04. The molecule has 0 saturated carbocycles. The van der Waals surface area contributed by atoms with Crippen molar-refractivity contribution in [1.82, 2.24) is 5.32 Å². The van der Waals surface area contributed by atoms with Crippen molar-refractivity contribution < 1.29 is 9.21 Å². The first-order valence-corrected chi connectivity index (χ1v) is 8.70. The summed E-state index contributed by atoms with van der Waals surface area (Å²) < 4.78 is 5.51. The van der Waals surface area contributed by atoms with Gasteiger partial charge in [-0.25, -0.2) is 0 Å². The van der Waals surface area contributed by atoms with Gasteiger partial charge < -0.3 is 9.73 Å². The lowest BCUT2D eigenvalue weighted by Crippen LogP contribution is -2.26. The monoisotopic (exact) mass is 329 g/mol. The van der Waals surface area contributed by atoms with Gasteiger partial charge in [0.05, 0.1) is 12.2 Å². The second-order valence-corrected chi connectivity index (χ2v) is 6.48. The van der Waals surface area contributed by atoms with Crippen LogP contribution < -0.4 is 5.32 Å². The Morgan fingerprint density at radius 2 is 2.23 bits per heavy atom. The topological polar surface area (TPSA) is 42.2 Å². The van der Waals surface area contributed by atoms with E-state index in [-0.39, 0.29) is 11.8 Å². The molecule has 3 aromatic rings. The second-order valence-electron chi connectivity index (χ2n) is 4.72. The minimum Gasteiger partial charge on any atom is -0.469 e. The van der Waals surface area contributed by atoms with Crippen molar-refractivity contribution in [3.8, 4) is 0 Å². The van der Waals surface area contributed by atoms with Crippen molar-refractivity contribution in [3.05, 3.63) is 75.0 Å². The van der Waals surface area contributed by atoms with Gasteiger partial charge in [-0.05, 0) is 52.0 Å². The molecule has 0 saturated heterocycles. The van der Waals surface area contributed by atoms with E-state index < -0.39 is 0 Å². The molecular formula is C17H15NO2S2. The lowest BCUT2D eigenvalue weighted by atomic mass is 10.0. The van der Waals surface area contributed by atoms with Crippen molar-refractivity contribution in [1.29, 1.82) is 0 Å². The van der Waals surface area contributed by atoms with Crippen LogP contribution in [0.2, 0.25) is 0 Å². The summed E-state index contributed by atoms with van der Waals surface area (Å²) in [4.78, 5) is 13.1. The first-order valence-electron chi connectivity index (χ1n) is 6.88. The zero-order chi connectivity index (χ0) is 15.2. The molecular weight excluding hydrogens is 314 g/mol. The molecule has 1 unspecified atom stereocenters. The molecule has 3 heterocycles. The van der Waals surface area contributed by atoms with Crippen LogP contribution in [0.1, 0.15) is 22.1 Å². The number of nitrogens with one attached hydrogen (secondary N) is 1. The van der Waals surface area contributed by atoms with E-state index in [0.29, 0.717) is 6.54 Å². The van der Waals surface area contributed by atoms with Gasteiger partial charge in [0.15, 0.2) is 0 Å². The highest BCUT2D eigenvalue weighted by Gasteiger charge is 2.18. The SMILES string of the molecule is O=C(/C=C/c1ccsc1)NCC(c1ccco1)c1cccs1. The second kappa shape index (κ2) is 7.24. The lowest BCUT2D eigenvalue weighted by Gasteiger charge is -2.13. The summed E-state index contributed by atoms with van der Waals surface area (Å²) in [5, 5.41) is 8.97. The molecule has 3 aromatic heterocycles. The molecule has 0 aliphatic rings. The zero-order valence-electron chi connectivity index (χ0n) is 11.8. The minimum atomic E-state index is -0.0979. The van der Waals surface area contributed by atoms with Gasteiger partial charge in [-0.15, -0.1) is 11.3 Å². The average Bonchev–Trinajstić information content (AvgIpc) is 3.27. The number of hydrogen-bond donors (Lipinski definition) is 1. The third-order valence-electron chi connectivity index (χ3n) is 3.22. The molecule has 0 radical (unpaired) electrons. The van der Waals surface area contributed by atoms with Crippen LogP contribution in [0, 0.1) is 0 Å². The lowest BCUT2D eigenvalue weighted by molar-refractivity contribution is -0.116. The van der Waals surface area contributed by atoms with E-state index >= 15 is 0 Å². The number of thiophene rings is 2. The normalized spacial score (nSPS) is 12.5. The number of rotatable bonds is 6. The molecule has 1 N–H and O–H groups in total. The number of carbonyl (C=O) groups is 1. The van der Waals surface area contributed by atoms with Crippen LogP contribution >= 0.6 is 22.7 Å². The highest BCUT2D eigenvalue weighted by Crippen LogP contribution is 2.28. The van der Waals surface area contributed by atoms with Crippen LogP contribution in [0.15, 0.2) is 63.2 Å². The minimum absolute atomic E-state index is 0.0495. The Morgan fingerprint density at radius 3 is 2.91 bits per heavy atom. The van der Waals surface area contributed by atoms with Gasteiger partial charge >= 0.3 is 0 Å². The van der Waals surface area contributed by atoms with Crippen molar-refractivity contribution in [3.63, 3.8) is 0 Å². The van der Waals surface area contributed by atoms with Gasteiger partial charge in [0, 0.05) is 17.5 Å². The maximum atomic E-state index is 12.0. The summed E-state index contributed by atoms with van der Waals surface area (Å²) in [7, 11) is 0. The van der Waals surface area contributed by atoms with E-state index in [1.807, 2.05) is 46.5 Å². The number of carbonyl (C=O) groups excluding carboxylic acids is 1. The van der Waals surface area contributed by atoms with Crippen molar-refractivity contribution in [2.24, 2.45) is 0 Å². The van der Waals surface area contributed by atoms with E-state index in [0.717, 1.165) is 11.3 Å². The maximum Gasteiger partial charge on any atom is 0.244 e. The van der Waals surface area contributed by atoms with Gasteiger partial charge in [0.2, 0.25) is 5.91 Å². The van der Waals surface area contributed by atoms with E-state index in [4.69, 9.17) is 4.42 Å². The summed E-state index contributed by atoms with van der Waals surface area (Å²) in [6, 6.07) is 9.86. The zero-order valence-corrected chi connectivity index (χ0v) is 13.4. The molecule has 0 aromatic carbocycles. The molecule has 1 atom stereocenters. The molecule has 0 bridgehead atoms. The third kappa shape index (κ3) is 3.75. The standard InChI is InChI=1S/C17H15NO2S2/c19-17(6-5-13-7-10-21-12-13)18-11-14(15-3-1-8-20-15)16-4-2-9-22-16/h1-10,12,14H,11H2,(H,18,19)/b6-5+. The van der Waals surface area contributed by atoms with Crippen LogP contribution in [0.3, 0.4) is 0 Å². The van der Waals surface area contributed by atoms with Crippen LogP contribution in [-0.2, 0) is 4.79 Å². The average molecular weight is 329 g/mol. The van der Waals surface area contributed by atoms with Crippen molar-refractivity contribution >= 4 is 34.7 Å². The third-order valence-corrected chi connectivity index (χ3v) is 4.91. The number of amides is 1. The van der Waals surface area contributed by atoms with Crippen molar-refractivity contribution in [2.75, 3.05) is 6.54 Å². The summed E-state index contributed by atoms with van der Waals surface area (Å²) in [6.45, 7) is 0.515. The first-order chi connectivity index (χ1) is 10.8. The maximum absolute atomic E-state index is 12.0. The molecule has 1 amide bonds. The molecule has 3 rings (SSSR count). The van der Waals surface area contributed by atoms with E-state index in [1.165, 1.54) is 4.88 Å². The van der Waals surface area contributed by atoms with Crippen LogP contribution in [0.25, 0.3) is 6.08 Å². The Morgan fingerprint density at radius 1 is 1.27 bits per heavy atom. The molecule has 3 nitrogen and oxygen atoms in total. The fraction of sp³-hybridized carbons (Fsp3) is 0.118. The van der Waals surface area contributed by atoms with Crippen LogP contribution in [0.5, 0.6) is 0 Å². The molecule has 112 valence electrons. The quantitative estimate of drug-likeness (QED) is 0.683. The van der Waals surface area contributed by atoms with Gasteiger partial charge in [0.1, 0.15) is 5.76 Å². The predicted molar refractivity (Wildman–Crippen MR) is 91.2 cm³/mol. The molecule has 0 spiro atoms. The summed E-state index contributed by atoms with van der Waals surface area (Å²) >= 11 is 3.28. The van der Waals surface area contributed by atoms with E-state index in [9.17, 15) is 4.79 Å². The predicted octanol–water partition coefficient (Wildman–Crippen LogP) is 4.36. The smallest absolute Gasteiger partial charge is 0.244 e. The summed E-state index contributed by atoms with van der Waals surface area (Å²) in [5.41, 5.74) is 1.04. The Balaban J connectivity index is 1.63. The molecule has 0 aliphatic heterocycles. The van der Waals surface area contributed by atoms with Crippen molar-refractivity contribution in [2.45, 2.75) is 5.92 Å². The fourth-order valence-corrected chi connectivity index (χ4v) is 3.59. The highest BCUT2D eigenvalue weighted by molar-refractivity contribution is 7.10. The number of furan rings is 1. The van der Waals surface area contributed by atoms with Gasteiger partial charge in [-0.3, -0.25) is 4.79 Å². The van der Waals surface area contributed by atoms with Gasteiger partial charge in [0.25, 0.3) is 0 Å². The molecule has 0 fully saturated rings. The van der Waals surface area contributed by atoms with Crippen LogP contribution in [-0.4, -0.2) is 12.5 Å². The number of hydrogen-bond acceptors (Lipinski definition) is 4. The Kier molecular flexibility index (Phi) is 4.88. The van der Waals surface area contributed by atoms with Gasteiger partial charge in [-0.1, -0.05) is 6.07 Å².